The van der Waals surface area contributed by atoms with Gasteiger partial charge in [-0.3, -0.25) is 0 Å². The van der Waals surface area contributed by atoms with E-state index in [-0.39, 0.29) is 24.8 Å². The number of carbonyl (C=O) groups excluding carboxylic acids is 1. The van der Waals surface area contributed by atoms with Crippen LogP contribution < -0.4 is 4.74 Å². The summed E-state index contributed by atoms with van der Waals surface area (Å²) < 4.78 is 16.3. The summed E-state index contributed by atoms with van der Waals surface area (Å²) in [7, 11) is 0. The second kappa shape index (κ2) is 8.34. The summed E-state index contributed by atoms with van der Waals surface area (Å²) in [4.78, 5) is 11.9. The summed E-state index contributed by atoms with van der Waals surface area (Å²) in [6, 6.07) is 18.4. The molecule has 0 aromatic heterocycles. The van der Waals surface area contributed by atoms with E-state index in [1.807, 2.05) is 62.4 Å². The fourth-order valence-corrected chi connectivity index (χ4v) is 1.90. The van der Waals surface area contributed by atoms with Crippen LogP contribution in [0.5, 0.6) is 5.75 Å². The quantitative estimate of drug-likeness (QED) is 0.421. The molecule has 23 heavy (non-hydrogen) atoms. The molecule has 2 aromatic rings. The highest BCUT2D eigenvalue weighted by atomic mass is 16.7. The van der Waals surface area contributed by atoms with Crippen LogP contribution in [0.3, 0.4) is 0 Å². The average Bonchev–Trinajstić information content (AvgIpc) is 2.58. The van der Waals surface area contributed by atoms with Crippen LogP contribution in [-0.4, -0.2) is 26.0 Å². The zero-order valence-corrected chi connectivity index (χ0v) is 13.5. The molecule has 0 aliphatic heterocycles. The molecule has 0 N–H and O–H groups in total. The Labute approximate surface area is 137 Å². The lowest BCUT2D eigenvalue weighted by atomic mass is 9.96. The Kier molecular flexibility index (Phi) is 6.18. The zero-order chi connectivity index (χ0) is 16.5. The topological polar surface area (TPSA) is 44.8 Å². The van der Waals surface area contributed by atoms with Gasteiger partial charge in [-0.25, -0.2) is 4.79 Å². The molecule has 2 aromatic carbocycles. The second-order valence-corrected chi connectivity index (χ2v) is 6.03. The Hall–Kier alpha value is -2.33. The first-order valence-corrected chi connectivity index (χ1v) is 7.55. The molecule has 0 saturated heterocycles. The molecule has 0 bridgehead atoms. The van der Waals surface area contributed by atoms with Gasteiger partial charge in [0.1, 0.15) is 5.75 Å². The average molecular weight is 314 g/mol. The fourth-order valence-electron chi connectivity index (χ4n) is 1.90. The Morgan fingerprint density at radius 2 is 1.52 bits per heavy atom. The molecule has 4 nitrogen and oxygen atoms in total. The van der Waals surface area contributed by atoms with Crippen molar-refractivity contribution < 1.29 is 19.0 Å². The SMILES string of the molecule is CC(C)(COCOc1ccccc1)COC(=O)c1ccccc1. The highest BCUT2D eigenvalue weighted by Gasteiger charge is 2.21. The van der Waals surface area contributed by atoms with Crippen LogP contribution in [0.2, 0.25) is 0 Å². The van der Waals surface area contributed by atoms with E-state index < -0.39 is 0 Å². The smallest absolute Gasteiger partial charge is 0.338 e. The summed E-state index contributed by atoms with van der Waals surface area (Å²) in [5.74, 6) is 0.444. The molecule has 2 rings (SSSR count). The standard InChI is InChI=1S/C19H22O4/c1-19(2,13-21-15-23-17-11-7-4-8-12-17)14-22-18(20)16-9-5-3-6-10-16/h3-12H,13-15H2,1-2H3. The summed E-state index contributed by atoms with van der Waals surface area (Å²) in [6.45, 7) is 4.84. The third-order valence-electron chi connectivity index (χ3n) is 3.15. The molecule has 0 unspecified atom stereocenters. The minimum atomic E-state index is -0.320. The third-order valence-corrected chi connectivity index (χ3v) is 3.15. The second-order valence-electron chi connectivity index (χ2n) is 6.03. The van der Waals surface area contributed by atoms with Gasteiger partial charge < -0.3 is 14.2 Å². The first-order valence-electron chi connectivity index (χ1n) is 7.55. The van der Waals surface area contributed by atoms with E-state index >= 15 is 0 Å². The first-order chi connectivity index (χ1) is 11.1. The number of para-hydroxylation sites is 1. The lowest BCUT2D eigenvalue weighted by Crippen LogP contribution is -2.28. The van der Waals surface area contributed by atoms with E-state index in [9.17, 15) is 4.79 Å². The molecule has 0 radical (unpaired) electrons. The van der Waals surface area contributed by atoms with Crippen molar-refractivity contribution in [1.82, 2.24) is 0 Å². The van der Waals surface area contributed by atoms with Crippen molar-refractivity contribution in [3.05, 3.63) is 66.2 Å². The summed E-state index contributed by atoms with van der Waals surface area (Å²) >= 11 is 0. The maximum Gasteiger partial charge on any atom is 0.338 e. The summed E-state index contributed by atoms with van der Waals surface area (Å²) in [6.07, 6.45) is 0. The van der Waals surface area contributed by atoms with E-state index in [0.717, 1.165) is 5.75 Å². The molecule has 0 amide bonds. The van der Waals surface area contributed by atoms with Crippen LogP contribution in [-0.2, 0) is 9.47 Å². The normalized spacial score (nSPS) is 11.0. The van der Waals surface area contributed by atoms with Gasteiger partial charge in [-0.1, -0.05) is 50.2 Å². The molecule has 0 aliphatic carbocycles. The van der Waals surface area contributed by atoms with Gasteiger partial charge in [0.2, 0.25) is 0 Å². The molecule has 122 valence electrons. The number of hydrogen-bond acceptors (Lipinski definition) is 4. The Balaban J connectivity index is 1.69. The molecular weight excluding hydrogens is 292 g/mol. The molecular formula is C19H22O4. The number of rotatable bonds is 8. The van der Waals surface area contributed by atoms with Crippen molar-refractivity contribution in [2.45, 2.75) is 13.8 Å². The predicted octanol–water partition coefficient (Wildman–Crippen LogP) is 3.92. The molecule has 0 aliphatic rings. The van der Waals surface area contributed by atoms with E-state index in [1.165, 1.54) is 0 Å². The van der Waals surface area contributed by atoms with Gasteiger partial charge in [-0.15, -0.1) is 0 Å². The van der Waals surface area contributed by atoms with E-state index in [1.54, 1.807) is 12.1 Å². The zero-order valence-electron chi connectivity index (χ0n) is 13.5. The van der Waals surface area contributed by atoms with Crippen LogP contribution >= 0.6 is 0 Å². The van der Waals surface area contributed by atoms with Crippen LogP contribution in [0.25, 0.3) is 0 Å². The van der Waals surface area contributed by atoms with E-state index in [2.05, 4.69) is 0 Å². The number of benzene rings is 2. The Morgan fingerprint density at radius 3 is 2.17 bits per heavy atom. The number of hydrogen-bond donors (Lipinski definition) is 0. The van der Waals surface area contributed by atoms with Crippen molar-refractivity contribution in [1.29, 1.82) is 0 Å². The number of ether oxygens (including phenoxy) is 3. The molecule has 0 heterocycles. The van der Waals surface area contributed by atoms with Crippen LogP contribution in [0.4, 0.5) is 0 Å². The van der Waals surface area contributed by atoms with Crippen molar-refractivity contribution in [2.75, 3.05) is 20.0 Å². The van der Waals surface area contributed by atoms with Gasteiger partial charge in [-0.2, -0.15) is 0 Å². The van der Waals surface area contributed by atoms with Crippen LogP contribution in [0, 0.1) is 5.41 Å². The van der Waals surface area contributed by atoms with Crippen LogP contribution in [0.15, 0.2) is 60.7 Å². The molecule has 0 atom stereocenters. The Morgan fingerprint density at radius 1 is 0.913 bits per heavy atom. The van der Waals surface area contributed by atoms with E-state index in [4.69, 9.17) is 14.2 Å². The molecule has 0 fully saturated rings. The van der Waals surface area contributed by atoms with Crippen molar-refractivity contribution in [2.24, 2.45) is 5.41 Å². The highest BCUT2D eigenvalue weighted by Crippen LogP contribution is 2.17. The minimum absolute atomic E-state index is 0.167. The minimum Gasteiger partial charge on any atom is -0.468 e. The fraction of sp³-hybridized carbons (Fsp3) is 0.316. The molecule has 0 spiro atoms. The molecule has 4 heteroatoms. The van der Waals surface area contributed by atoms with Crippen molar-refractivity contribution >= 4 is 5.97 Å². The van der Waals surface area contributed by atoms with Gasteiger partial charge in [0, 0.05) is 5.41 Å². The number of carbonyl (C=O) groups is 1. The van der Waals surface area contributed by atoms with Crippen molar-refractivity contribution in [3.8, 4) is 5.75 Å². The lowest BCUT2D eigenvalue weighted by Gasteiger charge is -2.24. The third kappa shape index (κ3) is 6.12. The maximum atomic E-state index is 11.9. The van der Waals surface area contributed by atoms with Gasteiger partial charge in [0.15, 0.2) is 6.79 Å². The van der Waals surface area contributed by atoms with Gasteiger partial charge in [0.05, 0.1) is 18.8 Å². The first kappa shape index (κ1) is 17.0. The Bertz CT molecular complexity index is 593. The predicted molar refractivity (Wildman–Crippen MR) is 88.4 cm³/mol. The van der Waals surface area contributed by atoms with Gasteiger partial charge >= 0.3 is 5.97 Å². The van der Waals surface area contributed by atoms with Crippen molar-refractivity contribution in [3.63, 3.8) is 0 Å². The largest absolute Gasteiger partial charge is 0.468 e. The van der Waals surface area contributed by atoms with E-state index in [0.29, 0.717) is 12.2 Å². The maximum absolute atomic E-state index is 11.9. The van der Waals surface area contributed by atoms with Gasteiger partial charge in [0.25, 0.3) is 0 Å². The molecule has 0 saturated carbocycles. The number of esters is 1. The monoisotopic (exact) mass is 314 g/mol. The summed E-state index contributed by atoms with van der Waals surface area (Å²) in [5, 5.41) is 0. The summed E-state index contributed by atoms with van der Waals surface area (Å²) in [5.41, 5.74) is 0.265. The van der Waals surface area contributed by atoms with Gasteiger partial charge in [-0.05, 0) is 24.3 Å². The lowest BCUT2D eigenvalue weighted by molar-refractivity contribution is -0.0417. The highest BCUT2D eigenvalue weighted by molar-refractivity contribution is 5.89. The van der Waals surface area contributed by atoms with Crippen LogP contribution in [0.1, 0.15) is 24.2 Å².